The molecule has 0 radical (unpaired) electrons. The quantitative estimate of drug-likeness (QED) is 0.536. The first-order valence-corrected chi connectivity index (χ1v) is 5.99. The van der Waals surface area contributed by atoms with Gasteiger partial charge >= 0.3 is 10.2 Å². The largest absolute Gasteiger partial charge is 0.544 e. The summed E-state index contributed by atoms with van der Waals surface area (Å²) < 4.78 is 29.7. The van der Waals surface area contributed by atoms with Crippen molar-refractivity contribution in [3.05, 3.63) is 0 Å². The van der Waals surface area contributed by atoms with Crippen LogP contribution in [0.4, 0.5) is 0 Å². The molecule has 1 fully saturated rings. The number of morpholine rings is 1. The number of carboxylic acids is 1. The highest BCUT2D eigenvalue weighted by Crippen LogP contribution is 1.99. The number of ether oxygens (including phenoxy) is 1. The first-order valence-electron chi connectivity index (χ1n) is 4.55. The van der Waals surface area contributed by atoms with Crippen LogP contribution in [-0.2, 0) is 19.7 Å². The number of nitrogens with one attached hydrogen (secondary N) is 1. The second-order valence-corrected chi connectivity index (χ2v) is 5.43. The molecule has 1 rings (SSSR count). The zero-order chi connectivity index (χ0) is 11.5. The molecule has 8 heteroatoms. The number of carboxylic acid groups (broad SMARTS) is 1. The molecule has 88 valence electrons. The molecule has 1 aliphatic heterocycles. The second kappa shape index (κ2) is 4.88. The van der Waals surface area contributed by atoms with Gasteiger partial charge in [-0.25, -0.2) is 4.31 Å². The predicted octanol–water partition coefficient (Wildman–Crippen LogP) is -4.17. The fourth-order valence-corrected chi connectivity index (χ4v) is 2.67. The van der Waals surface area contributed by atoms with E-state index in [0.717, 1.165) is 0 Å². The zero-order valence-electron chi connectivity index (χ0n) is 8.43. The number of rotatable bonds is 4. The van der Waals surface area contributed by atoms with E-state index in [9.17, 15) is 18.3 Å². The number of hydrogen-bond acceptors (Lipinski definition) is 5. The molecule has 0 aromatic carbocycles. The molecule has 1 unspecified atom stereocenters. The third-order valence-corrected chi connectivity index (χ3v) is 4.21. The molecular formula is C7H14N2O5S. The molecule has 0 aromatic heterocycles. The number of hydrogen-bond donors (Lipinski definition) is 1. The lowest BCUT2D eigenvalue weighted by atomic mass is 10.5. The topological polar surface area (TPSA) is 91.2 Å². The van der Waals surface area contributed by atoms with Gasteiger partial charge in [0.1, 0.15) is 6.54 Å². The maximum absolute atomic E-state index is 11.8. The Morgan fingerprint density at radius 3 is 2.47 bits per heavy atom. The summed E-state index contributed by atoms with van der Waals surface area (Å²) in [6, 6.07) is 0. The summed E-state index contributed by atoms with van der Waals surface area (Å²) in [4.78, 5) is 10.3. The Labute approximate surface area is 88.4 Å². The minimum atomic E-state index is -3.61. The van der Waals surface area contributed by atoms with Gasteiger partial charge < -0.3 is 14.6 Å². The number of quaternary nitrogens is 1. The van der Waals surface area contributed by atoms with E-state index in [4.69, 9.17) is 4.74 Å². The van der Waals surface area contributed by atoms with Gasteiger partial charge in [-0.05, 0) is 0 Å². The summed E-state index contributed by atoms with van der Waals surface area (Å²) in [5.41, 5.74) is 0. The Bertz CT molecular complexity index is 322. The minimum Gasteiger partial charge on any atom is -0.544 e. The first kappa shape index (κ1) is 12.4. The van der Waals surface area contributed by atoms with Gasteiger partial charge in [-0.2, -0.15) is 12.7 Å². The van der Waals surface area contributed by atoms with Crippen LogP contribution in [0, 0.1) is 0 Å². The van der Waals surface area contributed by atoms with Gasteiger partial charge in [-0.1, -0.05) is 0 Å². The fraction of sp³-hybridized carbons (Fsp3) is 0.857. The molecule has 0 aliphatic carbocycles. The van der Waals surface area contributed by atoms with Crippen LogP contribution in [0.25, 0.3) is 0 Å². The summed E-state index contributed by atoms with van der Waals surface area (Å²) in [5, 5.41) is 10.3. The summed E-state index contributed by atoms with van der Waals surface area (Å²) in [5.74, 6) is -1.38. The SMILES string of the molecule is C[NH+](CC(=O)[O-])S(=O)(=O)N1CCOCC1. The van der Waals surface area contributed by atoms with E-state index in [1.807, 2.05) is 0 Å². The Kier molecular flexibility index (Phi) is 4.03. The van der Waals surface area contributed by atoms with E-state index in [-0.39, 0.29) is 17.4 Å². The van der Waals surface area contributed by atoms with Crippen LogP contribution >= 0.6 is 0 Å². The molecule has 1 heterocycles. The third kappa shape index (κ3) is 3.13. The molecule has 0 bridgehead atoms. The molecule has 0 spiro atoms. The normalized spacial score (nSPS) is 21.1. The molecule has 1 atom stereocenters. The van der Waals surface area contributed by atoms with Gasteiger partial charge in [0.05, 0.1) is 26.2 Å². The van der Waals surface area contributed by atoms with Gasteiger partial charge in [-0.15, -0.1) is 0 Å². The number of nitrogens with zero attached hydrogens (tertiary/aromatic N) is 1. The summed E-state index contributed by atoms with van der Waals surface area (Å²) in [7, 11) is -2.32. The highest BCUT2D eigenvalue weighted by molar-refractivity contribution is 7.82. The monoisotopic (exact) mass is 238 g/mol. The van der Waals surface area contributed by atoms with Gasteiger partial charge in [-0.3, -0.25) is 0 Å². The average Bonchev–Trinajstić information content (AvgIpc) is 2.18. The number of likely N-dealkylation sites (N-methyl/N-ethyl adjacent to an activating group) is 1. The lowest BCUT2D eigenvalue weighted by Gasteiger charge is -2.27. The van der Waals surface area contributed by atoms with Crippen LogP contribution in [-0.4, -0.2) is 58.6 Å². The lowest BCUT2D eigenvalue weighted by Crippen LogP contribution is -3.13. The molecule has 0 aromatic rings. The Hall–Kier alpha value is -0.700. The molecule has 1 N–H and O–H groups in total. The smallest absolute Gasteiger partial charge is 0.371 e. The van der Waals surface area contributed by atoms with Crippen LogP contribution in [0.3, 0.4) is 0 Å². The van der Waals surface area contributed by atoms with Crippen molar-refractivity contribution in [3.8, 4) is 0 Å². The number of carbonyl (C=O) groups excluding carboxylic acids is 1. The van der Waals surface area contributed by atoms with Crippen molar-refractivity contribution in [2.24, 2.45) is 0 Å². The molecule has 1 saturated heterocycles. The molecule has 0 saturated carbocycles. The summed E-state index contributed by atoms with van der Waals surface area (Å²) in [6.07, 6.45) is 0. The van der Waals surface area contributed by atoms with E-state index in [2.05, 4.69) is 0 Å². The van der Waals surface area contributed by atoms with Gasteiger partial charge in [0.25, 0.3) is 0 Å². The highest BCUT2D eigenvalue weighted by atomic mass is 32.2. The molecule has 1 aliphatic rings. The van der Waals surface area contributed by atoms with Crippen molar-refractivity contribution in [2.75, 3.05) is 39.9 Å². The van der Waals surface area contributed by atoms with Gasteiger partial charge in [0, 0.05) is 13.1 Å². The van der Waals surface area contributed by atoms with E-state index in [0.29, 0.717) is 13.2 Å². The van der Waals surface area contributed by atoms with E-state index in [1.54, 1.807) is 0 Å². The molecular weight excluding hydrogens is 224 g/mol. The standard InChI is InChI=1S/C7H14N2O5S/c1-8(6-7(10)11)15(12,13)9-2-4-14-5-3-9/h2-6H2,1H3,(H,10,11). The Balaban J connectivity index is 2.67. The van der Waals surface area contributed by atoms with Crippen molar-refractivity contribution < 1.29 is 27.4 Å². The first-order chi connectivity index (χ1) is 6.94. The maximum atomic E-state index is 11.8. The molecule has 7 nitrogen and oxygen atoms in total. The molecule has 0 amide bonds. The van der Waals surface area contributed by atoms with Crippen molar-refractivity contribution in [1.82, 2.24) is 4.31 Å². The van der Waals surface area contributed by atoms with Crippen LogP contribution in [0.15, 0.2) is 0 Å². The van der Waals surface area contributed by atoms with E-state index in [1.165, 1.54) is 11.4 Å². The average molecular weight is 238 g/mol. The van der Waals surface area contributed by atoms with Gasteiger partial charge in [0.2, 0.25) is 0 Å². The van der Waals surface area contributed by atoms with Crippen LogP contribution in [0.5, 0.6) is 0 Å². The Morgan fingerprint density at radius 2 is 2.00 bits per heavy atom. The lowest BCUT2D eigenvalue weighted by molar-refractivity contribution is -0.740. The predicted molar refractivity (Wildman–Crippen MR) is 48.1 cm³/mol. The van der Waals surface area contributed by atoms with Crippen molar-refractivity contribution in [3.63, 3.8) is 0 Å². The second-order valence-electron chi connectivity index (χ2n) is 3.27. The third-order valence-electron chi connectivity index (χ3n) is 2.14. The minimum absolute atomic E-state index is 0.0931. The summed E-state index contributed by atoms with van der Waals surface area (Å²) in [6.45, 7) is 0.675. The fourth-order valence-electron chi connectivity index (χ4n) is 1.30. The maximum Gasteiger partial charge on any atom is 0.371 e. The number of carbonyl (C=O) groups is 1. The van der Waals surface area contributed by atoms with Gasteiger partial charge in [0.15, 0.2) is 0 Å². The van der Waals surface area contributed by atoms with Crippen molar-refractivity contribution in [1.29, 1.82) is 0 Å². The number of aliphatic carboxylic acids is 1. The van der Waals surface area contributed by atoms with E-state index < -0.39 is 22.7 Å². The summed E-state index contributed by atoms with van der Waals surface area (Å²) >= 11 is 0. The van der Waals surface area contributed by atoms with Crippen molar-refractivity contribution >= 4 is 16.2 Å². The van der Waals surface area contributed by atoms with Crippen LogP contribution in [0.1, 0.15) is 0 Å². The molecule has 15 heavy (non-hydrogen) atoms. The Morgan fingerprint density at radius 1 is 1.47 bits per heavy atom. The van der Waals surface area contributed by atoms with Crippen LogP contribution < -0.4 is 9.41 Å². The van der Waals surface area contributed by atoms with Crippen molar-refractivity contribution in [2.45, 2.75) is 0 Å². The highest BCUT2D eigenvalue weighted by Gasteiger charge is 2.31. The van der Waals surface area contributed by atoms with Crippen LogP contribution in [0.2, 0.25) is 0 Å². The van der Waals surface area contributed by atoms with E-state index >= 15 is 0 Å². The zero-order valence-corrected chi connectivity index (χ0v) is 9.25.